The molecule has 0 spiro atoms. The lowest BCUT2D eigenvalue weighted by Gasteiger charge is -2.15. The average Bonchev–Trinajstić information content (AvgIpc) is 2.36. The highest BCUT2D eigenvalue weighted by atomic mass is 16.1. The molecule has 1 amide bonds. The molecule has 1 rings (SSSR count). The van der Waals surface area contributed by atoms with Crippen LogP contribution in [0.1, 0.15) is 36.2 Å². The van der Waals surface area contributed by atoms with Gasteiger partial charge >= 0.3 is 0 Å². The molecule has 0 bridgehead atoms. The van der Waals surface area contributed by atoms with Gasteiger partial charge in [0.1, 0.15) is 0 Å². The second-order valence-corrected chi connectivity index (χ2v) is 4.45. The Morgan fingerprint density at radius 3 is 2.71 bits per heavy atom. The van der Waals surface area contributed by atoms with E-state index in [9.17, 15) is 4.79 Å². The van der Waals surface area contributed by atoms with Crippen LogP contribution in [0.2, 0.25) is 0 Å². The third-order valence-electron chi connectivity index (χ3n) is 3.14. The highest BCUT2D eigenvalue weighted by molar-refractivity contribution is 5.96. The van der Waals surface area contributed by atoms with Gasteiger partial charge in [-0.1, -0.05) is 26.3 Å². The molecule has 3 heteroatoms. The van der Waals surface area contributed by atoms with Gasteiger partial charge in [0, 0.05) is 24.8 Å². The maximum absolute atomic E-state index is 11.6. The smallest absolute Gasteiger partial charge is 0.251 e. The van der Waals surface area contributed by atoms with Crippen molar-refractivity contribution >= 4 is 11.6 Å². The summed E-state index contributed by atoms with van der Waals surface area (Å²) in [7, 11) is 1.65. The van der Waals surface area contributed by atoms with E-state index in [1.807, 2.05) is 25.1 Å². The van der Waals surface area contributed by atoms with Crippen LogP contribution in [0.4, 0.5) is 5.69 Å². The Morgan fingerprint density at radius 1 is 1.41 bits per heavy atom. The first-order chi connectivity index (χ1) is 8.10. The fraction of sp³-hybridized carbons (Fsp3) is 0.500. The monoisotopic (exact) mass is 234 g/mol. The van der Waals surface area contributed by atoms with Gasteiger partial charge in [0.05, 0.1) is 0 Å². The normalized spacial score (nSPS) is 12.0. The van der Waals surface area contributed by atoms with Gasteiger partial charge in [-0.15, -0.1) is 0 Å². The summed E-state index contributed by atoms with van der Waals surface area (Å²) in [6, 6.07) is 5.78. The molecule has 17 heavy (non-hydrogen) atoms. The van der Waals surface area contributed by atoms with Gasteiger partial charge in [0.2, 0.25) is 0 Å². The molecule has 0 aliphatic heterocycles. The van der Waals surface area contributed by atoms with Crippen LogP contribution in [0.25, 0.3) is 0 Å². The Labute approximate surface area is 104 Å². The second kappa shape index (κ2) is 6.28. The molecular weight excluding hydrogens is 212 g/mol. The molecule has 0 aromatic heterocycles. The van der Waals surface area contributed by atoms with Gasteiger partial charge < -0.3 is 10.6 Å². The zero-order chi connectivity index (χ0) is 12.8. The minimum atomic E-state index is -0.0327. The minimum Gasteiger partial charge on any atom is -0.385 e. The summed E-state index contributed by atoms with van der Waals surface area (Å²) in [5, 5.41) is 6.06. The first-order valence-corrected chi connectivity index (χ1v) is 6.15. The van der Waals surface area contributed by atoms with Crippen molar-refractivity contribution in [2.24, 2.45) is 5.92 Å². The number of anilines is 1. The number of hydrogen-bond acceptors (Lipinski definition) is 2. The number of carbonyl (C=O) groups is 1. The zero-order valence-corrected chi connectivity index (χ0v) is 11.1. The summed E-state index contributed by atoms with van der Waals surface area (Å²) in [5.41, 5.74) is 2.79. The summed E-state index contributed by atoms with van der Waals surface area (Å²) in [4.78, 5) is 11.6. The standard InChI is InChI=1S/C14H22N2O/c1-5-10(2)9-16-13-8-6-7-12(11(13)3)14(17)15-4/h6-8,10,16H,5,9H2,1-4H3,(H,15,17). The molecule has 1 aromatic rings. The van der Waals surface area contributed by atoms with Crippen LogP contribution < -0.4 is 10.6 Å². The average molecular weight is 234 g/mol. The van der Waals surface area contributed by atoms with E-state index in [0.717, 1.165) is 29.8 Å². The SMILES string of the molecule is CCC(C)CNc1cccc(C(=O)NC)c1C. The fourth-order valence-electron chi connectivity index (χ4n) is 1.64. The Hall–Kier alpha value is -1.51. The van der Waals surface area contributed by atoms with E-state index in [1.54, 1.807) is 7.05 Å². The predicted molar refractivity (Wildman–Crippen MR) is 72.5 cm³/mol. The summed E-state index contributed by atoms with van der Waals surface area (Å²) < 4.78 is 0. The highest BCUT2D eigenvalue weighted by Gasteiger charge is 2.10. The molecule has 0 saturated carbocycles. The number of nitrogens with one attached hydrogen (secondary N) is 2. The molecule has 0 fully saturated rings. The second-order valence-electron chi connectivity index (χ2n) is 4.45. The Balaban J connectivity index is 2.83. The Kier molecular flexibility index (Phi) is 5.01. The van der Waals surface area contributed by atoms with Gasteiger partial charge in [-0.25, -0.2) is 0 Å². The van der Waals surface area contributed by atoms with Crippen LogP contribution in [0.5, 0.6) is 0 Å². The topological polar surface area (TPSA) is 41.1 Å². The highest BCUT2D eigenvalue weighted by Crippen LogP contribution is 2.19. The van der Waals surface area contributed by atoms with Crippen LogP contribution in [0, 0.1) is 12.8 Å². The molecular formula is C14H22N2O. The fourth-order valence-corrected chi connectivity index (χ4v) is 1.64. The van der Waals surface area contributed by atoms with Crippen LogP contribution in [-0.4, -0.2) is 19.5 Å². The van der Waals surface area contributed by atoms with E-state index in [-0.39, 0.29) is 5.91 Å². The van der Waals surface area contributed by atoms with Crippen molar-refractivity contribution in [2.45, 2.75) is 27.2 Å². The van der Waals surface area contributed by atoms with E-state index in [0.29, 0.717) is 5.92 Å². The van der Waals surface area contributed by atoms with E-state index in [2.05, 4.69) is 24.5 Å². The number of hydrogen-bond donors (Lipinski definition) is 2. The van der Waals surface area contributed by atoms with Gasteiger partial charge in [0.15, 0.2) is 0 Å². The molecule has 0 aliphatic carbocycles. The lowest BCUT2D eigenvalue weighted by atomic mass is 10.0. The number of amides is 1. The van der Waals surface area contributed by atoms with E-state index in [1.165, 1.54) is 0 Å². The first-order valence-electron chi connectivity index (χ1n) is 6.15. The maximum atomic E-state index is 11.6. The van der Waals surface area contributed by atoms with Crippen LogP contribution in [0.3, 0.4) is 0 Å². The summed E-state index contributed by atoms with van der Waals surface area (Å²) in [6.45, 7) is 7.31. The zero-order valence-electron chi connectivity index (χ0n) is 11.1. The lowest BCUT2D eigenvalue weighted by molar-refractivity contribution is 0.0962. The van der Waals surface area contributed by atoms with Gasteiger partial charge in [-0.2, -0.15) is 0 Å². The van der Waals surface area contributed by atoms with E-state index < -0.39 is 0 Å². The number of carbonyl (C=O) groups excluding carboxylic acids is 1. The lowest BCUT2D eigenvalue weighted by Crippen LogP contribution is -2.20. The van der Waals surface area contributed by atoms with Gasteiger partial charge in [-0.3, -0.25) is 4.79 Å². The van der Waals surface area contributed by atoms with E-state index in [4.69, 9.17) is 0 Å². The Morgan fingerprint density at radius 2 is 2.12 bits per heavy atom. The van der Waals surface area contributed by atoms with Crippen molar-refractivity contribution in [3.05, 3.63) is 29.3 Å². The molecule has 2 N–H and O–H groups in total. The third kappa shape index (κ3) is 3.48. The molecule has 3 nitrogen and oxygen atoms in total. The van der Waals surface area contributed by atoms with E-state index >= 15 is 0 Å². The van der Waals surface area contributed by atoms with Crippen molar-refractivity contribution in [3.8, 4) is 0 Å². The molecule has 0 saturated heterocycles. The van der Waals surface area contributed by atoms with Crippen LogP contribution in [-0.2, 0) is 0 Å². The number of rotatable bonds is 5. The maximum Gasteiger partial charge on any atom is 0.251 e. The van der Waals surface area contributed by atoms with Crippen molar-refractivity contribution < 1.29 is 4.79 Å². The molecule has 1 atom stereocenters. The molecule has 0 aliphatic rings. The van der Waals surface area contributed by atoms with Gasteiger partial charge in [0.25, 0.3) is 5.91 Å². The van der Waals surface area contributed by atoms with Crippen molar-refractivity contribution in [1.29, 1.82) is 0 Å². The van der Waals surface area contributed by atoms with Crippen LogP contribution in [0.15, 0.2) is 18.2 Å². The molecule has 0 heterocycles. The quantitative estimate of drug-likeness (QED) is 0.822. The molecule has 94 valence electrons. The largest absolute Gasteiger partial charge is 0.385 e. The third-order valence-corrected chi connectivity index (χ3v) is 3.14. The predicted octanol–water partition coefficient (Wildman–Crippen LogP) is 2.81. The summed E-state index contributed by atoms with van der Waals surface area (Å²) >= 11 is 0. The Bertz CT molecular complexity index is 388. The molecule has 0 radical (unpaired) electrons. The summed E-state index contributed by atoms with van der Waals surface area (Å²) in [5.74, 6) is 0.604. The molecule has 1 unspecified atom stereocenters. The van der Waals surface area contributed by atoms with Crippen molar-refractivity contribution in [3.63, 3.8) is 0 Å². The van der Waals surface area contributed by atoms with Gasteiger partial charge in [-0.05, 0) is 30.5 Å². The van der Waals surface area contributed by atoms with Crippen molar-refractivity contribution in [2.75, 3.05) is 18.9 Å². The van der Waals surface area contributed by atoms with Crippen LogP contribution >= 0.6 is 0 Å². The number of benzene rings is 1. The minimum absolute atomic E-state index is 0.0327. The first kappa shape index (κ1) is 13.6. The van der Waals surface area contributed by atoms with Crippen molar-refractivity contribution in [1.82, 2.24) is 5.32 Å². The molecule has 1 aromatic carbocycles. The summed E-state index contributed by atoms with van der Waals surface area (Å²) in [6.07, 6.45) is 1.15.